The molecule has 0 bridgehead atoms. The maximum absolute atomic E-state index is 12.7. The number of amides is 2. The molecule has 1 aliphatic heterocycles. The Kier molecular flexibility index (Phi) is 21.2. The number of allylic oxidation sites excluding steroid dienone is 6. The molecule has 2 aromatic rings. The monoisotopic (exact) mass is 957 g/mol. The molecule has 0 aliphatic carbocycles. The largest absolute Gasteiger partial charge is 0.481 e. The summed E-state index contributed by atoms with van der Waals surface area (Å²) in [5.74, 6) is -1.09. The number of hydrogen-bond acceptors (Lipinski definition) is 18. The van der Waals surface area contributed by atoms with E-state index in [1.54, 1.807) is 0 Å². The number of phosphoric ester groups is 3. The van der Waals surface area contributed by atoms with Crippen LogP contribution in [0.1, 0.15) is 65.5 Å². The third-order valence-electron chi connectivity index (χ3n) is 8.63. The molecule has 0 radical (unpaired) electrons. The Bertz CT molecular complexity index is 2050. The van der Waals surface area contributed by atoms with Crippen molar-refractivity contribution in [2.75, 3.05) is 37.8 Å². The van der Waals surface area contributed by atoms with Crippen LogP contribution in [0.4, 0.5) is 5.82 Å². The number of imidazole rings is 1. The number of unbranched alkanes of at least 4 members (excludes halogenated alkanes) is 1. The smallest absolute Gasteiger partial charge is 0.386 e. The minimum Gasteiger partial charge on any atom is -0.386 e. The first-order chi connectivity index (χ1) is 29.1. The van der Waals surface area contributed by atoms with Crippen molar-refractivity contribution in [2.45, 2.75) is 89.9 Å². The van der Waals surface area contributed by atoms with Gasteiger partial charge in [-0.25, -0.2) is 28.6 Å². The van der Waals surface area contributed by atoms with Gasteiger partial charge in [-0.05, 0) is 32.6 Å². The number of anilines is 1. The summed E-state index contributed by atoms with van der Waals surface area (Å²) < 4.78 is 62.3. The summed E-state index contributed by atoms with van der Waals surface area (Å²) in [5, 5.41) is 26.5. The summed E-state index contributed by atoms with van der Waals surface area (Å²) in [6.45, 7) is 2.48. The van der Waals surface area contributed by atoms with Gasteiger partial charge in [-0.2, -0.15) is 4.31 Å². The number of carbonyl (C=O) groups is 3. The second-order valence-corrected chi connectivity index (χ2v) is 19.6. The maximum Gasteiger partial charge on any atom is 0.481 e. The molecular formula is C34H54N7O17P3S. The van der Waals surface area contributed by atoms with E-state index in [2.05, 4.69) is 58.7 Å². The van der Waals surface area contributed by atoms with Crippen molar-refractivity contribution >= 4 is 69.1 Å². The fourth-order valence-corrected chi connectivity index (χ4v) is 8.98. The van der Waals surface area contributed by atoms with Gasteiger partial charge in [0.2, 0.25) is 11.8 Å². The molecule has 10 N–H and O–H groups in total. The van der Waals surface area contributed by atoms with Crippen molar-refractivity contribution in [1.82, 2.24) is 30.2 Å². The number of nitrogens with one attached hydrogen (secondary N) is 2. The van der Waals surface area contributed by atoms with Crippen LogP contribution in [-0.2, 0) is 50.7 Å². The van der Waals surface area contributed by atoms with Gasteiger partial charge in [0.25, 0.3) is 0 Å². The number of ether oxygens (including phenoxy) is 1. The number of nitrogens with two attached hydrogens (primary N) is 1. The minimum absolute atomic E-state index is 0.0100. The number of hydrogen-bond donors (Lipinski definition) is 9. The third-order valence-corrected chi connectivity index (χ3v) is 12.7. The number of nitrogens with zero attached hydrogens (tertiary/aromatic N) is 4. The highest BCUT2D eigenvalue weighted by Crippen LogP contribution is 2.61. The predicted molar refractivity (Wildman–Crippen MR) is 223 cm³/mol. The number of carbonyl (C=O) groups excluding carboxylic acids is 3. The van der Waals surface area contributed by atoms with Crippen molar-refractivity contribution in [2.24, 2.45) is 5.41 Å². The van der Waals surface area contributed by atoms with E-state index in [-0.39, 0.29) is 41.6 Å². The molecule has 348 valence electrons. The lowest BCUT2D eigenvalue weighted by atomic mass is 9.87. The van der Waals surface area contributed by atoms with Crippen LogP contribution >= 0.6 is 35.2 Å². The molecule has 7 atom stereocenters. The summed E-state index contributed by atoms with van der Waals surface area (Å²) in [6, 6.07) is 0. The van der Waals surface area contributed by atoms with Crippen LogP contribution in [0.5, 0.6) is 0 Å². The fourth-order valence-electron chi connectivity index (χ4n) is 5.43. The summed E-state index contributed by atoms with van der Waals surface area (Å²) in [7, 11) is -16.4. The molecular weight excluding hydrogens is 903 g/mol. The molecule has 3 rings (SSSR count). The zero-order valence-electron chi connectivity index (χ0n) is 34.1. The Hall–Kier alpha value is -3.22. The fraction of sp³-hybridized carbons (Fsp3) is 0.588. The molecule has 1 aliphatic rings. The molecule has 28 heteroatoms. The van der Waals surface area contributed by atoms with Crippen molar-refractivity contribution in [3.05, 3.63) is 49.1 Å². The Morgan fingerprint density at radius 1 is 0.984 bits per heavy atom. The van der Waals surface area contributed by atoms with Crippen LogP contribution in [0.15, 0.2) is 49.1 Å². The highest BCUT2D eigenvalue weighted by atomic mass is 32.2. The van der Waals surface area contributed by atoms with E-state index in [0.717, 1.165) is 48.2 Å². The van der Waals surface area contributed by atoms with Gasteiger partial charge >= 0.3 is 23.5 Å². The highest BCUT2D eigenvalue weighted by molar-refractivity contribution is 8.13. The number of nitrogen functional groups attached to an aromatic ring is 1. The van der Waals surface area contributed by atoms with Gasteiger partial charge in [-0.15, -0.1) is 0 Å². The SMILES string of the molecule is C/C=C/C/C=C/C/C=C/CCCC(=O)SCCNC(=O)CCNC(=O)C(O)C(C)(C)COP(=O)(O)OP(=O)(O)OCC1OC(n2cnc3c(N)ncnc32)C(O)C1OP(=O)(O)O. The van der Waals surface area contributed by atoms with Gasteiger partial charge in [-0.3, -0.25) is 32.5 Å². The molecule has 3 heterocycles. The number of aromatic nitrogens is 4. The molecule has 2 amide bonds. The molecule has 2 aromatic heterocycles. The average molecular weight is 958 g/mol. The normalized spacial score (nSPS) is 21.1. The number of phosphoric acid groups is 3. The number of aliphatic hydroxyl groups is 2. The van der Waals surface area contributed by atoms with Crippen LogP contribution < -0.4 is 16.4 Å². The van der Waals surface area contributed by atoms with E-state index in [1.807, 2.05) is 19.1 Å². The number of fused-ring (bicyclic) bond motifs is 1. The maximum atomic E-state index is 12.7. The molecule has 1 saturated heterocycles. The lowest BCUT2D eigenvalue weighted by Crippen LogP contribution is -2.46. The van der Waals surface area contributed by atoms with E-state index in [4.69, 9.17) is 19.5 Å². The molecule has 7 unspecified atom stereocenters. The Labute approximate surface area is 361 Å². The Balaban J connectivity index is 1.39. The van der Waals surface area contributed by atoms with Crippen LogP contribution in [0.2, 0.25) is 0 Å². The van der Waals surface area contributed by atoms with E-state index in [9.17, 15) is 57.9 Å². The molecule has 0 aromatic carbocycles. The third kappa shape index (κ3) is 18.1. The second-order valence-electron chi connectivity index (χ2n) is 14.2. The second kappa shape index (κ2) is 24.7. The Morgan fingerprint density at radius 2 is 1.66 bits per heavy atom. The van der Waals surface area contributed by atoms with Gasteiger partial charge in [0.15, 0.2) is 22.8 Å². The zero-order chi connectivity index (χ0) is 46.1. The lowest BCUT2D eigenvalue weighted by molar-refractivity contribution is -0.137. The summed E-state index contributed by atoms with van der Waals surface area (Å²) in [4.78, 5) is 88.0. The number of thioether (sulfide) groups is 1. The van der Waals surface area contributed by atoms with E-state index >= 15 is 0 Å². The first kappa shape index (κ1) is 53.1. The van der Waals surface area contributed by atoms with Gasteiger partial charge < -0.3 is 50.9 Å². The van der Waals surface area contributed by atoms with Gasteiger partial charge in [0.1, 0.15) is 36.3 Å². The van der Waals surface area contributed by atoms with Gasteiger partial charge in [-0.1, -0.05) is 62.1 Å². The first-order valence-electron chi connectivity index (χ1n) is 19.0. The highest BCUT2D eigenvalue weighted by Gasteiger charge is 2.50. The van der Waals surface area contributed by atoms with Crippen LogP contribution in [-0.4, -0.2) is 123 Å². The topological polar surface area (TPSA) is 364 Å². The summed E-state index contributed by atoms with van der Waals surface area (Å²) in [5.41, 5.74) is 4.27. The molecule has 62 heavy (non-hydrogen) atoms. The number of rotatable bonds is 27. The molecule has 1 fully saturated rings. The summed E-state index contributed by atoms with van der Waals surface area (Å²) >= 11 is 1.11. The van der Waals surface area contributed by atoms with Crippen LogP contribution in [0, 0.1) is 5.41 Å². The minimum atomic E-state index is -5.58. The van der Waals surface area contributed by atoms with E-state index < -0.39 is 84.6 Å². The quantitative estimate of drug-likeness (QED) is 0.0352. The molecule has 0 saturated carbocycles. The van der Waals surface area contributed by atoms with Crippen molar-refractivity contribution in [1.29, 1.82) is 0 Å². The van der Waals surface area contributed by atoms with Gasteiger partial charge in [0.05, 0.1) is 19.5 Å². The van der Waals surface area contributed by atoms with Crippen molar-refractivity contribution in [3.8, 4) is 0 Å². The van der Waals surface area contributed by atoms with E-state index in [1.165, 1.54) is 13.8 Å². The van der Waals surface area contributed by atoms with Crippen LogP contribution in [0.25, 0.3) is 11.2 Å². The zero-order valence-corrected chi connectivity index (χ0v) is 37.6. The summed E-state index contributed by atoms with van der Waals surface area (Å²) in [6.07, 6.45) is 9.04. The Morgan fingerprint density at radius 3 is 2.35 bits per heavy atom. The average Bonchev–Trinajstić information content (AvgIpc) is 3.75. The van der Waals surface area contributed by atoms with Crippen molar-refractivity contribution < 1.29 is 80.5 Å². The van der Waals surface area contributed by atoms with Gasteiger partial charge in [0, 0.05) is 37.1 Å². The number of aliphatic hydroxyl groups excluding tert-OH is 2. The van der Waals surface area contributed by atoms with Crippen LogP contribution in [0.3, 0.4) is 0 Å². The molecule has 24 nitrogen and oxygen atoms in total. The standard InChI is InChI=1S/C34H54N7O17P3S/c1-4-5-6-7-8-9-10-11-12-13-14-25(43)62-18-17-36-24(42)15-16-37-32(46)29(45)34(2,3)20-55-61(52,53)58-60(50,51)54-19-23-28(57-59(47,48)49)27(44)33(56-23)41-22-40-26-30(35)38-21-39-31(26)41/h4-5,7-8,10-11,21-23,27-29,33,44-45H,6,9,12-20H2,1-3H3,(H,36,42)(H,37,46)(H,50,51)(H,52,53)(H2,35,38,39)(H2,47,48,49)/b5-4+,8-7+,11-10+. The lowest BCUT2D eigenvalue weighted by Gasteiger charge is -2.30. The van der Waals surface area contributed by atoms with Crippen molar-refractivity contribution in [3.63, 3.8) is 0 Å². The predicted octanol–water partition coefficient (Wildman–Crippen LogP) is 2.30. The molecule has 0 spiro atoms. The van der Waals surface area contributed by atoms with E-state index in [0.29, 0.717) is 18.6 Å². The first-order valence-corrected chi connectivity index (χ1v) is 24.5.